The van der Waals surface area contributed by atoms with Gasteiger partial charge in [0.1, 0.15) is 0 Å². The van der Waals surface area contributed by atoms with Crippen LogP contribution in [0.3, 0.4) is 0 Å². The maximum absolute atomic E-state index is 8.57. The van der Waals surface area contributed by atoms with Crippen molar-refractivity contribution in [2.75, 3.05) is 13.2 Å². The van der Waals surface area contributed by atoms with Crippen LogP contribution in [0.1, 0.15) is 26.2 Å². The first-order valence-corrected chi connectivity index (χ1v) is 4.63. The van der Waals surface area contributed by atoms with Crippen molar-refractivity contribution in [1.82, 2.24) is 0 Å². The summed E-state index contributed by atoms with van der Waals surface area (Å²) in [5.74, 6) is 0.501. The third kappa shape index (κ3) is 7.37. The monoisotopic (exact) mass is 183 g/mol. The Balaban J connectivity index is 3.58. The summed E-state index contributed by atoms with van der Waals surface area (Å²) < 4.78 is 0. The van der Waals surface area contributed by atoms with Crippen LogP contribution in [0.2, 0.25) is 0 Å². The molecule has 0 unspecified atom stereocenters. The van der Waals surface area contributed by atoms with Crippen LogP contribution < -0.4 is 0 Å². The third-order valence-electron chi connectivity index (χ3n) is 1.93. The van der Waals surface area contributed by atoms with Gasteiger partial charge in [0, 0.05) is 11.5 Å². The van der Waals surface area contributed by atoms with Gasteiger partial charge >= 0.3 is 0 Å². The van der Waals surface area contributed by atoms with Crippen LogP contribution in [0.15, 0.2) is 17.3 Å². The maximum atomic E-state index is 8.57. The summed E-state index contributed by atoms with van der Waals surface area (Å²) in [6.07, 6.45) is 6.79. The second-order valence-electron chi connectivity index (χ2n) is 2.88. The van der Waals surface area contributed by atoms with Crippen LogP contribution in [-0.4, -0.2) is 18.3 Å². The molecular formula is C9H17N3O. The van der Waals surface area contributed by atoms with Crippen molar-refractivity contribution in [3.8, 4) is 0 Å². The summed E-state index contributed by atoms with van der Waals surface area (Å²) in [7, 11) is 0. The Hall–Kier alpha value is -0.990. The summed E-state index contributed by atoms with van der Waals surface area (Å²) in [6.45, 7) is 2.78. The second kappa shape index (κ2) is 9.10. The molecule has 4 heteroatoms. The van der Waals surface area contributed by atoms with Crippen molar-refractivity contribution in [2.24, 2.45) is 11.0 Å². The highest BCUT2D eigenvalue weighted by molar-refractivity contribution is 4.87. The lowest BCUT2D eigenvalue weighted by Gasteiger charge is -2.07. The van der Waals surface area contributed by atoms with Crippen LogP contribution in [0.25, 0.3) is 10.4 Å². The van der Waals surface area contributed by atoms with E-state index in [0.29, 0.717) is 12.5 Å². The smallest absolute Gasteiger partial charge is 0.0612 e. The van der Waals surface area contributed by atoms with Crippen molar-refractivity contribution in [1.29, 1.82) is 0 Å². The molecule has 1 N–H and O–H groups in total. The lowest BCUT2D eigenvalue weighted by molar-refractivity contribution is 0.341. The Labute approximate surface area is 78.9 Å². The van der Waals surface area contributed by atoms with Crippen LogP contribution in [0.4, 0.5) is 0 Å². The third-order valence-corrected chi connectivity index (χ3v) is 1.93. The van der Waals surface area contributed by atoms with Gasteiger partial charge in [0.15, 0.2) is 0 Å². The molecule has 0 aliphatic heterocycles. The van der Waals surface area contributed by atoms with E-state index in [-0.39, 0.29) is 6.61 Å². The summed E-state index contributed by atoms with van der Waals surface area (Å²) >= 11 is 0. The molecular weight excluding hydrogens is 166 g/mol. The minimum absolute atomic E-state index is 0.104. The van der Waals surface area contributed by atoms with Gasteiger partial charge in [0.2, 0.25) is 0 Å². The molecule has 0 aromatic rings. The van der Waals surface area contributed by atoms with Crippen molar-refractivity contribution in [3.63, 3.8) is 0 Å². The van der Waals surface area contributed by atoms with Crippen molar-refractivity contribution < 1.29 is 5.11 Å². The van der Waals surface area contributed by atoms with E-state index in [1.165, 1.54) is 0 Å². The van der Waals surface area contributed by atoms with E-state index >= 15 is 0 Å². The molecule has 0 aliphatic rings. The van der Waals surface area contributed by atoms with E-state index in [0.717, 1.165) is 19.3 Å². The number of aliphatic hydroxyl groups is 1. The van der Waals surface area contributed by atoms with Gasteiger partial charge < -0.3 is 5.11 Å². The number of nitrogens with zero attached hydrogens (tertiary/aromatic N) is 3. The van der Waals surface area contributed by atoms with Gasteiger partial charge in [-0.25, -0.2) is 0 Å². The van der Waals surface area contributed by atoms with Gasteiger partial charge in [0.25, 0.3) is 0 Å². The summed E-state index contributed by atoms with van der Waals surface area (Å²) in [6, 6.07) is 0. The Morgan fingerprint density at radius 3 is 2.92 bits per heavy atom. The quantitative estimate of drug-likeness (QED) is 0.213. The van der Waals surface area contributed by atoms with Crippen LogP contribution >= 0.6 is 0 Å². The minimum atomic E-state index is 0.104. The molecule has 0 amide bonds. The first kappa shape index (κ1) is 12.0. The first-order chi connectivity index (χ1) is 6.35. The molecule has 0 heterocycles. The molecule has 0 bridgehead atoms. The molecule has 0 aliphatic carbocycles. The summed E-state index contributed by atoms with van der Waals surface area (Å²) in [5.41, 5.74) is 8.04. The van der Waals surface area contributed by atoms with E-state index in [1.807, 2.05) is 6.08 Å². The average molecular weight is 183 g/mol. The Morgan fingerprint density at radius 1 is 1.62 bits per heavy atom. The fourth-order valence-corrected chi connectivity index (χ4v) is 1.16. The molecule has 0 aromatic carbocycles. The summed E-state index contributed by atoms with van der Waals surface area (Å²) in [4.78, 5) is 2.69. The topological polar surface area (TPSA) is 69.0 Å². The summed E-state index contributed by atoms with van der Waals surface area (Å²) in [5, 5.41) is 12.0. The molecule has 4 nitrogen and oxygen atoms in total. The molecule has 13 heavy (non-hydrogen) atoms. The van der Waals surface area contributed by atoms with Crippen LogP contribution in [0, 0.1) is 5.92 Å². The number of rotatable bonds is 7. The zero-order chi connectivity index (χ0) is 9.94. The molecule has 0 fully saturated rings. The molecule has 74 valence electrons. The Morgan fingerprint density at radius 2 is 2.38 bits per heavy atom. The number of azide groups is 1. The van der Waals surface area contributed by atoms with E-state index < -0.39 is 0 Å². The second-order valence-corrected chi connectivity index (χ2v) is 2.88. The van der Waals surface area contributed by atoms with Gasteiger partial charge in [-0.2, -0.15) is 0 Å². The fraction of sp³-hybridized carbons (Fsp3) is 0.778. The molecule has 0 rings (SSSR count). The molecule has 1 atom stereocenters. The van der Waals surface area contributed by atoms with Crippen molar-refractivity contribution >= 4 is 0 Å². The average Bonchev–Trinajstić information content (AvgIpc) is 2.17. The van der Waals surface area contributed by atoms with Crippen molar-refractivity contribution in [2.45, 2.75) is 26.2 Å². The van der Waals surface area contributed by atoms with E-state index in [2.05, 4.69) is 16.9 Å². The van der Waals surface area contributed by atoms with Gasteiger partial charge in [-0.05, 0) is 30.7 Å². The Bertz CT molecular complexity index is 185. The molecule has 0 spiro atoms. The van der Waals surface area contributed by atoms with Gasteiger partial charge in [0.05, 0.1) is 6.61 Å². The van der Waals surface area contributed by atoms with E-state index in [4.69, 9.17) is 10.6 Å². The predicted molar refractivity (Wildman–Crippen MR) is 53.3 cm³/mol. The highest BCUT2D eigenvalue weighted by atomic mass is 16.2. The predicted octanol–water partition coefficient (Wildman–Crippen LogP) is 2.65. The maximum Gasteiger partial charge on any atom is 0.0612 e. The molecule has 0 saturated heterocycles. The first-order valence-electron chi connectivity index (χ1n) is 4.63. The largest absolute Gasteiger partial charge is 0.392 e. The van der Waals surface area contributed by atoms with Gasteiger partial charge in [-0.1, -0.05) is 24.2 Å². The molecule has 0 radical (unpaired) electrons. The number of aliphatic hydroxyl groups excluding tert-OH is 1. The zero-order valence-corrected chi connectivity index (χ0v) is 8.06. The number of hydrogen-bond acceptors (Lipinski definition) is 2. The normalized spacial score (nSPS) is 12.8. The zero-order valence-electron chi connectivity index (χ0n) is 8.06. The van der Waals surface area contributed by atoms with Crippen LogP contribution in [0.5, 0.6) is 0 Å². The standard InChI is InChI=1S/C9H17N3O/c1-2-9(6-4-8-13)5-3-7-11-12-10/h4,6,9,13H,2-3,5,7-8H2,1H3/b6-4+/t9-/m1/s1. The molecule has 0 aromatic heterocycles. The number of hydrogen-bond donors (Lipinski definition) is 1. The Kier molecular flexibility index (Phi) is 8.41. The lowest BCUT2D eigenvalue weighted by atomic mass is 10.00. The van der Waals surface area contributed by atoms with Gasteiger partial charge in [-0.3, -0.25) is 0 Å². The van der Waals surface area contributed by atoms with E-state index in [9.17, 15) is 0 Å². The van der Waals surface area contributed by atoms with Gasteiger partial charge in [-0.15, -0.1) is 0 Å². The van der Waals surface area contributed by atoms with E-state index in [1.54, 1.807) is 6.08 Å². The van der Waals surface area contributed by atoms with Crippen LogP contribution in [-0.2, 0) is 0 Å². The molecule has 0 saturated carbocycles. The SMILES string of the molecule is CC[C@@H](/C=C/CO)CCCN=[N+]=[N-]. The number of allylic oxidation sites excluding steroid dienone is 1. The van der Waals surface area contributed by atoms with Crippen molar-refractivity contribution in [3.05, 3.63) is 22.6 Å². The lowest BCUT2D eigenvalue weighted by Crippen LogP contribution is -1.96. The fourth-order valence-electron chi connectivity index (χ4n) is 1.16. The highest BCUT2D eigenvalue weighted by Crippen LogP contribution is 2.12. The highest BCUT2D eigenvalue weighted by Gasteiger charge is 1.99. The minimum Gasteiger partial charge on any atom is -0.392 e.